The van der Waals surface area contributed by atoms with Crippen molar-refractivity contribution in [2.45, 2.75) is 26.3 Å². The Balaban J connectivity index is 1.52. The lowest BCUT2D eigenvalue weighted by molar-refractivity contribution is -0.384. The van der Waals surface area contributed by atoms with Crippen LogP contribution in [0.5, 0.6) is 0 Å². The molecule has 1 aliphatic heterocycles. The summed E-state index contributed by atoms with van der Waals surface area (Å²) in [6.07, 6.45) is 4.32. The van der Waals surface area contributed by atoms with Gasteiger partial charge in [0.15, 0.2) is 0 Å². The van der Waals surface area contributed by atoms with Crippen LogP contribution in [0, 0.1) is 16.0 Å². The molecule has 1 aromatic heterocycles. The molecule has 7 nitrogen and oxygen atoms in total. The summed E-state index contributed by atoms with van der Waals surface area (Å²) in [4.78, 5) is 25.0. The number of rotatable bonds is 6. The SMILES string of the molecule is CC1CCCN(CCNC(=O)Cn2ccc3cc([N+](=O)[O-])ccc32)C1. The van der Waals surface area contributed by atoms with E-state index < -0.39 is 4.92 Å². The van der Waals surface area contributed by atoms with Gasteiger partial charge in [-0.25, -0.2) is 0 Å². The first kappa shape index (κ1) is 17.4. The van der Waals surface area contributed by atoms with Crippen molar-refractivity contribution in [3.8, 4) is 0 Å². The highest BCUT2D eigenvalue weighted by atomic mass is 16.6. The number of benzene rings is 1. The second-order valence-corrected chi connectivity index (χ2v) is 6.84. The van der Waals surface area contributed by atoms with Crippen LogP contribution in [0.3, 0.4) is 0 Å². The first-order valence-corrected chi connectivity index (χ1v) is 8.75. The minimum atomic E-state index is -0.412. The molecular weight excluding hydrogens is 320 g/mol. The number of nitro groups is 1. The number of non-ortho nitro benzene ring substituents is 1. The number of hydrogen-bond acceptors (Lipinski definition) is 4. The quantitative estimate of drug-likeness (QED) is 0.644. The third-order valence-corrected chi connectivity index (χ3v) is 4.77. The molecule has 25 heavy (non-hydrogen) atoms. The van der Waals surface area contributed by atoms with Gasteiger partial charge in [0.05, 0.1) is 4.92 Å². The van der Waals surface area contributed by atoms with Crippen LogP contribution in [0.25, 0.3) is 10.9 Å². The highest BCUT2D eigenvalue weighted by molar-refractivity contribution is 5.85. The first-order valence-electron chi connectivity index (χ1n) is 8.75. The molecule has 7 heteroatoms. The number of likely N-dealkylation sites (tertiary alicyclic amines) is 1. The fourth-order valence-corrected chi connectivity index (χ4v) is 3.49. The maximum Gasteiger partial charge on any atom is 0.270 e. The van der Waals surface area contributed by atoms with Crippen molar-refractivity contribution in [1.29, 1.82) is 0 Å². The normalized spacial score (nSPS) is 18.4. The zero-order chi connectivity index (χ0) is 17.8. The first-order chi connectivity index (χ1) is 12.0. The van der Waals surface area contributed by atoms with E-state index in [2.05, 4.69) is 17.1 Å². The van der Waals surface area contributed by atoms with E-state index in [0.29, 0.717) is 6.54 Å². The van der Waals surface area contributed by atoms with Gasteiger partial charge in [-0.1, -0.05) is 6.92 Å². The van der Waals surface area contributed by atoms with E-state index in [1.54, 1.807) is 18.3 Å². The summed E-state index contributed by atoms with van der Waals surface area (Å²) in [5.41, 5.74) is 0.885. The van der Waals surface area contributed by atoms with Crippen molar-refractivity contribution in [3.05, 3.63) is 40.6 Å². The van der Waals surface area contributed by atoms with Crippen LogP contribution in [0.4, 0.5) is 5.69 Å². The van der Waals surface area contributed by atoms with E-state index >= 15 is 0 Å². The predicted octanol–water partition coefficient (Wildman–Crippen LogP) is 2.40. The van der Waals surface area contributed by atoms with Crippen LogP contribution in [0.2, 0.25) is 0 Å². The van der Waals surface area contributed by atoms with Gasteiger partial charge in [-0.15, -0.1) is 0 Å². The monoisotopic (exact) mass is 344 g/mol. The van der Waals surface area contributed by atoms with Crippen molar-refractivity contribution < 1.29 is 9.72 Å². The van der Waals surface area contributed by atoms with E-state index in [4.69, 9.17) is 0 Å². The molecule has 1 aromatic carbocycles. The second-order valence-electron chi connectivity index (χ2n) is 6.84. The fourth-order valence-electron chi connectivity index (χ4n) is 3.49. The molecule has 1 N–H and O–H groups in total. The largest absolute Gasteiger partial charge is 0.353 e. The molecule has 1 unspecified atom stereocenters. The second kappa shape index (κ2) is 7.65. The molecular formula is C18H24N4O3. The molecule has 1 atom stereocenters. The standard InChI is InChI=1S/C18H24N4O3/c1-14-3-2-8-20(12-14)10-7-19-18(23)13-21-9-6-15-11-16(22(24)25)4-5-17(15)21/h4-6,9,11,14H,2-3,7-8,10,12-13H2,1H3,(H,19,23). The topological polar surface area (TPSA) is 80.4 Å². The Morgan fingerprint density at radius 2 is 2.24 bits per heavy atom. The van der Waals surface area contributed by atoms with Crippen molar-refractivity contribution in [1.82, 2.24) is 14.8 Å². The predicted molar refractivity (Wildman–Crippen MR) is 96.4 cm³/mol. The van der Waals surface area contributed by atoms with Crippen molar-refractivity contribution in [3.63, 3.8) is 0 Å². The summed E-state index contributed by atoms with van der Waals surface area (Å²) in [7, 11) is 0. The summed E-state index contributed by atoms with van der Waals surface area (Å²) < 4.78 is 1.82. The summed E-state index contributed by atoms with van der Waals surface area (Å²) >= 11 is 0. The van der Waals surface area contributed by atoms with Gasteiger partial charge in [-0.3, -0.25) is 14.9 Å². The molecule has 0 bridgehead atoms. The maximum atomic E-state index is 12.2. The number of aromatic nitrogens is 1. The van der Waals surface area contributed by atoms with Crippen LogP contribution in [-0.2, 0) is 11.3 Å². The van der Waals surface area contributed by atoms with E-state index in [1.807, 2.05) is 4.57 Å². The lowest BCUT2D eigenvalue weighted by atomic mass is 10.0. The Labute approximate surface area is 146 Å². The van der Waals surface area contributed by atoms with Gasteiger partial charge in [0.1, 0.15) is 6.54 Å². The Morgan fingerprint density at radius 3 is 3.00 bits per heavy atom. The van der Waals surface area contributed by atoms with Crippen LogP contribution >= 0.6 is 0 Å². The minimum Gasteiger partial charge on any atom is -0.353 e. The van der Waals surface area contributed by atoms with Crippen molar-refractivity contribution in [2.75, 3.05) is 26.2 Å². The summed E-state index contributed by atoms with van der Waals surface area (Å²) in [6, 6.07) is 6.48. The molecule has 0 spiro atoms. The number of carbonyl (C=O) groups is 1. The molecule has 1 aliphatic rings. The third kappa shape index (κ3) is 4.36. The van der Waals surface area contributed by atoms with Gasteiger partial charge < -0.3 is 14.8 Å². The summed E-state index contributed by atoms with van der Waals surface area (Å²) in [5.74, 6) is 0.695. The number of fused-ring (bicyclic) bond motifs is 1. The third-order valence-electron chi connectivity index (χ3n) is 4.77. The highest BCUT2D eigenvalue weighted by Crippen LogP contribution is 2.21. The molecule has 3 rings (SSSR count). The van der Waals surface area contributed by atoms with Gasteiger partial charge in [0, 0.05) is 48.9 Å². The van der Waals surface area contributed by atoms with Crippen LogP contribution in [0.1, 0.15) is 19.8 Å². The zero-order valence-corrected chi connectivity index (χ0v) is 14.5. The van der Waals surface area contributed by atoms with E-state index in [0.717, 1.165) is 36.5 Å². The number of carbonyl (C=O) groups excluding carboxylic acids is 1. The van der Waals surface area contributed by atoms with E-state index in [-0.39, 0.29) is 18.1 Å². The molecule has 134 valence electrons. The molecule has 0 radical (unpaired) electrons. The van der Waals surface area contributed by atoms with E-state index in [9.17, 15) is 14.9 Å². The molecule has 1 fully saturated rings. The molecule has 1 amide bonds. The van der Waals surface area contributed by atoms with Gasteiger partial charge in [-0.05, 0) is 37.4 Å². The number of nitrogens with one attached hydrogen (secondary N) is 1. The fraction of sp³-hybridized carbons (Fsp3) is 0.500. The van der Waals surface area contributed by atoms with Crippen LogP contribution in [-0.4, -0.2) is 46.5 Å². The van der Waals surface area contributed by atoms with E-state index in [1.165, 1.54) is 25.0 Å². The number of amides is 1. The lowest BCUT2D eigenvalue weighted by Crippen LogP contribution is -2.40. The smallest absolute Gasteiger partial charge is 0.270 e. The Hall–Kier alpha value is -2.41. The average molecular weight is 344 g/mol. The maximum absolute atomic E-state index is 12.2. The zero-order valence-electron chi connectivity index (χ0n) is 14.5. The number of nitrogens with zero attached hydrogens (tertiary/aromatic N) is 3. The molecule has 0 saturated carbocycles. The van der Waals surface area contributed by atoms with Gasteiger partial charge in [0.2, 0.25) is 5.91 Å². The average Bonchev–Trinajstić information content (AvgIpc) is 2.97. The molecule has 0 aliphatic carbocycles. The summed E-state index contributed by atoms with van der Waals surface area (Å²) in [5, 5.41) is 14.6. The Kier molecular flexibility index (Phi) is 5.33. The molecule has 2 heterocycles. The number of piperidine rings is 1. The highest BCUT2D eigenvalue weighted by Gasteiger charge is 2.16. The molecule has 1 saturated heterocycles. The summed E-state index contributed by atoms with van der Waals surface area (Å²) in [6.45, 7) is 6.24. The van der Waals surface area contributed by atoms with Crippen molar-refractivity contribution in [2.24, 2.45) is 5.92 Å². The van der Waals surface area contributed by atoms with Gasteiger partial charge in [-0.2, -0.15) is 0 Å². The van der Waals surface area contributed by atoms with Gasteiger partial charge in [0.25, 0.3) is 5.69 Å². The minimum absolute atomic E-state index is 0.0408. The van der Waals surface area contributed by atoms with Crippen LogP contribution < -0.4 is 5.32 Å². The van der Waals surface area contributed by atoms with Crippen molar-refractivity contribution >= 4 is 22.5 Å². The number of hydrogen-bond donors (Lipinski definition) is 1. The Morgan fingerprint density at radius 1 is 1.40 bits per heavy atom. The van der Waals surface area contributed by atoms with Crippen LogP contribution in [0.15, 0.2) is 30.5 Å². The van der Waals surface area contributed by atoms with Gasteiger partial charge >= 0.3 is 0 Å². The number of nitro benzene ring substituents is 1. The lowest BCUT2D eigenvalue weighted by Gasteiger charge is -2.30. The Bertz CT molecular complexity index is 771. The molecule has 2 aromatic rings.